The monoisotopic (exact) mass is 368 g/mol. The molecule has 8 heteroatoms. The lowest BCUT2D eigenvalue weighted by Gasteiger charge is -2.13. The van der Waals surface area contributed by atoms with E-state index in [2.05, 4.69) is 16.7 Å². The maximum Gasteiger partial charge on any atom is 0.303 e. The summed E-state index contributed by atoms with van der Waals surface area (Å²) in [4.78, 5) is 28.3. The van der Waals surface area contributed by atoms with Crippen molar-refractivity contribution in [2.75, 3.05) is 7.11 Å². The lowest BCUT2D eigenvalue weighted by molar-refractivity contribution is -0.136. The number of aliphatic carboxylic acids is 1. The first-order valence-electron chi connectivity index (χ1n) is 8.42. The second-order valence-electron chi connectivity index (χ2n) is 6.04. The predicted molar refractivity (Wildman–Crippen MR) is 100 cm³/mol. The van der Waals surface area contributed by atoms with Crippen LogP contribution < -0.4 is 10.3 Å². The van der Waals surface area contributed by atoms with Gasteiger partial charge >= 0.3 is 5.97 Å². The lowest BCUT2D eigenvalue weighted by Crippen LogP contribution is -2.26. The van der Waals surface area contributed by atoms with Gasteiger partial charge in [-0.2, -0.15) is 9.50 Å². The van der Waals surface area contributed by atoms with Gasteiger partial charge in [-0.1, -0.05) is 6.08 Å². The number of hydrogen-bond donors (Lipinski definition) is 1. The number of carboxylic acid groups (broad SMARTS) is 1. The van der Waals surface area contributed by atoms with E-state index < -0.39 is 5.97 Å². The van der Waals surface area contributed by atoms with Crippen LogP contribution in [0.2, 0.25) is 0 Å². The van der Waals surface area contributed by atoms with Crippen molar-refractivity contribution in [3.05, 3.63) is 58.5 Å². The van der Waals surface area contributed by atoms with Crippen molar-refractivity contribution in [2.45, 2.75) is 26.3 Å². The summed E-state index contributed by atoms with van der Waals surface area (Å²) in [5, 5.41) is 13.3. The molecule has 2 aromatic heterocycles. The first-order chi connectivity index (χ1) is 13.0. The van der Waals surface area contributed by atoms with Gasteiger partial charge in [-0.05, 0) is 37.6 Å². The van der Waals surface area contributed by atoms with Crippen LogP contribution in [0.25, 0.3) is 17.2 Å². The third-order valence-electron chi connectivity index (χ3n) is 4.37. The molecule has 3 rings (SSSR count). The second-order valence-corrected chi connectivity index (χ2v) is 6.04. The molecule has 0 aliphatic rings. The molecule has 0 aliphatic heterocycles. The fourth-order valence-corrected chi connectivity index (χ4v) is 2.94. The van der Waals surface area contributed by atoms with E-state index in [1.807, 2.05) is 16.7 Å². The number of fused-ring (bicyclic) bond motifs is 1. The fraction of sp³-hybridized carbons (Fsp3) is 0.263. The highest BCUT2D eigenvalue weighted by atomic mass is 16.5. The van der Waals surface area contributed by atoms with Crippen molar-refractivity contribution >= 4 is 11.7 Å². The summed E-state index contributed by atoms with van der Waals surface area (Å²) in [7, 11) is 1.58. The molecule has 0 amide bonds. The molecule has 2 heterocycles. The molecular formula is C19H20N4O4. The molecular weight excluding hydrogens is 348 g/mol. The summed E-state index contributed by atoms with van der Waals surface area (Å²) in [5.41, 5.74) is 1.48. The number of aromatic nitrogens is 4. The van der Waals surface area contributed by atoms with Crippen molar-refractivity contribution in [3.8, 4) is 17.1 Å². The number of nitrogens with zero attached hydrogens (tertiary/aromatic N) is 4. The van der Waals surface area contributed by atoms with Crippen LogP contribution in [0.4, 0.5) is 0 Å². The topological polar surface area (TPSA) is 98.7 Å². The maximum atomic E-state index is 12.9. The largest absolute Gasteiger partial charge is 0.497 e. The first kappa shape index (κ1) is 18.4. The zero-order chi connectivity index (χ0) is 19.6. The van der Waals surface area contributed by atoms with E-state index in [0.717, 1.165) is 5.56 Å². The molecule has 1 N–H and O–H groups in total. The van der Waals surface area contributed by atoms with Crippen LogP contribution in [0, 0.1) is 6.92 Å². The SMILES string of the molecule is C=CCn1c(C)c(CCC(=O)O)c(=O)n2nc(-c3ccc(OC)cc3)nc12. The number of ether oxygens (including phenoxy) is 1. The van der Waals surface area contributed by atoms with E-state index >= 15 is 0 Å². The molecule has 0 radical (unpaired) electrons. The number of allylic oxidation sites excluding steroid dienone is 1. The Hall–Kier alpha value is -3.42. The van der Waals surface area contributed by atoms with Gasteiger partial charge in [0, 0.05) is 29.8 Å². The molecule has 0 fully saturated rings. The van der Waals surface area contributed by atoms with Crippen LogP contribution in [0.15, 0.2) is 41.7 Å². The normalized spacial score (nSPS) is 10.9. The van der Waals surface area contributed by atoms with E-state index in [9.17, 15) is 9.59 Å². The standard InChI is InChI=1S/C19H20N4O4/c1-4-11-22-12(2)15(9-10-16(24)25)18(26)23-19(22)20-17(21-23)13-5-7-14(27-3)8-6-13/h4-8H,1,9-11H2,2-3H3,(H,24,25). The molecule has 0 saturated carbocycles. The van der Waals surface area contributed by atoms with Crippen LogP contribution in [-0.4, -0.2) is 37.4 Å². The van der Waals surface area contributed by atoms with Crippen molar-refractivity contribution in [3.63, 3.8) is 0 Å². The lowest BCUT2D eigenvalue weighted by atomic mass is 10.1. The average molecular weight is 368 g/mol. The Morgan fingerprint density at radius 2 is 2.04 bits per heavy atom. The quantitative estimate of drug-likeness (QED) is 0.641. The van der Waals surface area contributed by atoms with Crippen molar-refractivity contribution in [2.24, 2.45) is 0 Å². The molecule has 0 saturated heterocycles. The van der Waals surface area contributed by atoms with Gasteiger partial charge in [0.1, 0.15) is 5.75 Å². The molecule has 0 bridgehead atoms. The molecule has 3 aromatic rings. The number of methoxy groups -OCH3 is 1. The van der Waals surface area contributed by atoms with Gasteiger partial charge in [-0.25, -0.2) is 0 Å². The highest BCUT2D eigenvalue weighted by molar-refractivity contribution is 5.67. The Balaban J connectivity index is 2.19. The second kappa shape index (κ2) is 7.45. The van der Waals surface area contributed by atoms with Gasteiger partial charge in [0.2, 0.25) is 5.78 Å². The fourth-order valence-electron chi connectivity index (χ4n) is 2.94. The third-order valence-corrected chi connectivity index (χ3v) is 4.37. The summed E-state index contributed by atoms with van der Waals surface area (Å²) in [6.07, 6.45) is 1.70. The number of hydrogen-bond acceptors (Lipinski definition) is 5. The van der Waals surface area contributed by atoms with Crippen LogP contribution >= 0.6 is 0 Å². The minimum atomic E-state index is -0.957. The molecule has 0 aliphatic carbocycles. The van der Waals surface area contributed by atoms with E-state index in [1.54, 1.807) is 32.2 Å². The molecule has 1 aromatic carbocycles. The summed E-state index contributed by atoms with van der Waals surface area (Å²) in [6, 6.07) is 7.21. The van der Waals surface area contributed by atoms with E-state index in [1.165, 1.54) is 4.52 Å². The number of carbonyl (C=O) groups is 1. The summed E-state index contributed by atoms with van der Waals surface area (Å²) < 4.78 is 8.19. The molecule has 0 unspecified atom stereocenters. The number of carboxylic acids is 1. The molecule has 0 atom stereocenters. The van der Waals surface area contributed by atoms with E-state index in [4.69, 9.17) is 9.84 Å². The molecule has 140 valence electrons. The maximum absolute atomic E-state index is 12.9. The zero-order valence-electron chi connectivity index (χ0n) is 15.2. The number of benzene rings is 1. The van der Waals surface area contributed by atoms with Gasteiger partial charge in [0.05, 0.1) is 7.11 Å². The predicted octanol–water partition coefficient (Wildman–Crippen LogP) is 2.08. The smallest absolute Gasteiger partial charge is 0.303 e. The average Bonchev–Trinajstić information content (AvgIpc) is 3.10. The summed E-state index contributed by atoms with van der Waals surface area (Å²) in [6.45, 7) is 5.96. The van der Waals surface area contributed by atoms with Gasteiger partial charge < -0.3 is 14.4 Å². The Morgan fingerprint density at radius 1 is 1.33 bits per heavy atom. The van der Waals surface area contributed by atoms with Gasteiger partial charge in [0.15, 0.2) is 5.82 Å². The highest BCUT2D eigenvalue weighted by Crippen LogP contribution is 2.20. The van der Waals surface area contributed by atoms with E-state index in [-0.39, 0.29) is 18.4 Å². The Bertz CT molecular complexity index is 1060. The van der Waals surface area contributed by atoms with Gasteiger partial charge in [0.25, 0.3) is 5.56 Å². The molecule has 8 nitrogen and oxygen atoms in total. The van der Waals surface area contributed by atoms with Crippen LogP contribution in [0.1, 0.15) is 17.7 Å². The van der Waals surface area contributed by atoms with Crippen LogP contribution in [-0.2, 0) is 17.8 Å². The van der Waals surface area contributed by atoms with Crippen LogP contribution in [0.3, 0.4) is 0 Å². The molecule has 0 spiro atoms. The van der Waals surface area contributed by atoms with Crippen molar-refractivity contribution in [1.29, 1.82) is 0 Å². The van der Waals surface area contributed by atoms with Gasteiger partial charge in [-0.3, -0.25) is 9.59 Å². The van der Waals surface area contributed by atoms with Gasteiger partial charge in [-0.15, -0.1) is 11.7 Å². The Labute approximate surface area is 155 Å². The summed E-state index contributed by atoms with van der Waals surface area (Å²) in [5.74, 6) is 0.548. The van der Waals surface area contributed by atoms with E-state index in [0.29, 0.717) is 35.2 Å². The molecule has 27 heavy (non-hydrogen) atoms. The van der Waals surface area contributed by atoms with Crippen molar-refractivity contribution < 1.29 is 14.6 Å². The van der Waals surface area contributed by atoms with Crippen molar-refractivity contribution in [1.82, 2.24) is 19.2 Å². The minimum absolute atomic E-state index is 0.129. The third kappa shape index (κ3) is 3.46. The number of rotatable bonds is 7. The summed E-state index contributed by atoms with van der Waals surface area (Å²) >= 11 is 0. The Kier molecular flexibility index (Phi) is 5.07. The minimum Gasteiger partial charge on any atom is -0.497 e. The Morgan fingerprint density at radius 3 is 2.63 bits per heavy atom. The highest BCUT2D eigenvalue weighted by Gasteiger charge is 2.18. The van der Waals surface area contributed by atoms with Crippen LogP contribution in [0.5, 0.6) is 5.75 Å². The zero-order valence-corrected chi connectivity index (χ0v) is 15.2. The first-order valence-corrected chi connectivity index (χ1v) is 8.42.